The Kier molecular flexibility index (Phi) is 5.07. The van der Waals surface area contributed by atoms with Gasteiger partial charge in [-0.15, -0.1) is 0 Å². The first-order valence-electron chi connectivity index (χ1n) is 8.45. The zero-order valence-electron chi connectivity index (χ0n) is 14.5. The number of nitrogens with zero attached hydrogens (tertiary/aromatic N) is 3. The quantitative estimate of drug-likeness (QED) is 0.905. The van der Waals surface area contributed by atoms with E-state index in [0.717, 1.165) is 11.3 Å². The summed E-state index contributed by atoms with van der Waals surface area (Å²) in [5.41, 5.74) is 1.84. The van der Waals surface area contributed by atoms with Crippen LogP contribution in [-0.2, 0) is 16.1 Å². The summed E-state index contributed by atoms with van der Waals surface area (Å²) >= 11 is 0. The Bertz CT molecular complexity index is 763. The molecule has 1 aliphatic heterocycles. The van der Waals surface area contributed by atoms with Gasteiger partial charge in [0.1, 0.15) is 5.82 Å². The summed E-state index contributed by atoms with van der Waals surface area (Å²) in [6.45, 7) is 4.60. The van der Waals surface area contributed by atoms with E-state index >= 15 is 0 Å². The molecule has 0 saturated carbocycles. The number of carbonyl (C=O) groups excluding carboxylic acids is 2. The molecule has 2 aromatic rings. The molecule has 0 spiro atoms. The SMILES string of the molecule is Cc1nccc(CNC(=O)[C@@H]2CC(=O)N([C@H](C)c3ccccc3)C2)n1. The molecule has 130 valence electrons. The van der Waals surface area contributed by atoms with Crippen molar-refractivity contribution in [1.82, 2.24) is 20.2 Å². The molecule has 1 fully saturated rings. The molecule has 1 aromatic heterocycles. The summed E-state index contributed by atoms with van der Waals surface area (Å²) in [5.74, 6) is 0.272. The summed E-state index contributed by atoms with van der Waals surface area (Å²) < 4.78 is 0. The highest BCUT2D eigenvalue weighted by Gasteiger charge is 2.36. The molecule has 1 N–H and O–H groups in total. The summed E-state index contributed by atoms with van der Waals surface area (Å²) in [7, 11) is 0. The van der Waals surface area contributed by atoms with Crippen molar-refractivity contribution in [3.63, 3.8) is 0 Å². The van der Waals surface area contributed by atoms with Crippen molar-refractivity contribution >= 4 is 11.8 Å². The standard InChI is InChI=1S/C19H22N4O2/c1-13(15-6-4-3-5-7-15)23-12-16(10-18(23)24)19(25)21-11-17-8-9-20-14(2)22-17/h3-9,13,16H,10-12H2,1-2H3,(H,21,25)/t13-,16-/m1/s1. The zero-order chi connectivity index (χ0) is 17.8. The number of rotatable bonds is 5. The lowest BCUT2D eigenvalue weighted by molar-refractivity contribution is -0.130. The molecule has 0 unspecified atom stereocenters. The van der Waals surface area contributed by atoms with E-state index in [1.165, 1.54) is 0 Å². The second-order valence-corrected chi connectivity index (χ2v) is 6.35. The highest BCUT2D eigenvalue weighted by Crippen LogP contribution is 2.28. The zero-order valence-corrected chi connectivity index (χ0v) is 14.5. The van der Waals surface area contributed by atoms with Crippen molar-refractivity contribution in [1.29, 1.82) is 0 Å². The van der Waals surface area contributed by atoms with E-state index in [1.807, 2.05) is 44.2 Å². The minimum Gasteiger partial charge on any atom is -0.350 e. The first-order chi connectivity index (χ1) is 12.0. The van der Waals surface area contributed by atoms with Crippen molar-refractivity contribution in [2.75, 3.05) is 6.54 Å². The molecule has 0 radical (unpaired) electrons. The number of hydrogen-bond donors (Lipinski definition) is 1. The lowest BCUT2D eigenvalue weighted by atomic mass is 10.1. The fourth-order valence-electron chi connectivity index (χ4n) is 3.12. The molecule has 0 aliphatic carbocycles. The van der Waals surface area contributed by atoms with Crippen LogP contribution < -0.4 is 5.32 Å². The number of aryl methyl sites for hydroxylation is 1. The summed E-state index contributed by atoms with van der Waals surface area (Å²) in [6, 6.07) is 11.6. The maximum absolute atomic E-state index is 12.4. The van der Waals surface area contributed by atoms with Gasteiger partial charge in [0.05, 0.1) is 24.2 Å². The average Bonchev–Trinajstić information content (AvgIpc) is 3.02. The van der Waals surface area contributed by atoms with Gasteiger partial charge in [-0.25, -0.2) is 9.97 Å². The first kappa shape index (κ1) is 17.1. The van der Waals surface area contributed by atoms with E-state index in [4.69, 9.17) is 0 Å². The minimum absolute atomic E-state index is 0.0226. The minimum atomic E-state index is -0.318. The molecule has 2 heterocycles. The first-order valence-corrected chi connectivity index (χ1v) is 8.45. The molecule has 2 atom stereocenters. The Balaban J connectivity index is 1.59. The van der Waals surface area contributed by atoms with Crippen LogP contribution in [0.4, 0.5) is 0 Å². The second kappa shape index (κ2) is 7.42. The lowest BCUT2D eigenvalue weighted by Gasteiger charge is -2.25. The maximum atomic E-state index is 12.4. The molecule has 0 bridgehead atoms. The van der Waals surface area contributed by atoms with E-state index < -0.39 is 0 Å². The molecule has 2 amide bonds. The van der Waals surface area contributed by atoms with Gasteiger partial charge in [-0.2, -0.15) is 0 Å². The van der Waals surface area contributed by atoms with Crippen LogP contribution in [0.15, 0.2) is 42.6 Å². The van der Waals surface area contributed by atoms with Gasteiger partial charge in [0.15, 0.2) is 0 Å². The number of amides is 2. The van der Waals surface area contributed by atoms with Gasteiger partial charge >= 0.3 is 0 Å². The van der Waals surface area contributed by atoms with Crippen LogP contribution in [0.5, 0.6) is 0 Å². The Morgan fingerprint density at radius 2 is 2.08 bits per heavy atom. The maximum Gasteiger partial charge on any atom is 0.225 e. The van der Waals surface area contributed by atoms with Crippen molar-refractivity contribution in [2.45, 2.75) is 32.9 Å². The van der Waals surface area contributed by atoms with Gasteiger partial charge in [0.25, 0.3) is 0 Å². The lowest BCUT2D eigenvalue weighted by Crippen LogP contribution is -2.33. The molecule has 1 aromatic carbocycles. The number of aromatic nitrogens is 2. The average molecular weight is 338 g/mol. The van der Waals surface area contributed by atoms with Crippen LogP contribution in [0.2, 0.25) is 0 Å². The normalized spacial score (nSPS) is 18.2. The number of hydrogen-bond acceptors (Lipinski definition) is 4. The molecular formula is C19H22N4O2. The Labute approximate surface area is 147 Å². The molecule has 25 heavy (non-hydrogen) atoms. The number of benzene rings is 1. The van der Waals surface area contributed by atoms with Gasteiger partial charge in [-0.1, -0.05) is 30.3 Å². The van der Waals surface area contributed by atoms with Crippen molar-refractivity contribution in [3.05, 3.63) is 59.7 Å². The Morgan fingerprint density at radius 3 is 2.80 bits per heavy atom. The molecule has 6 heteroatoms. The molecular weight excluding hydrogens is 316 g/mol. The predicted molar refractivity (Wildman–Crippen MR) is 93.3 cm³/mol. The van der Waals surface area contributed by atoms with E-state index in [9.17, 15) is 9.59 Å². The van der Waals surface area contributed by atoms with Gasteiger partial charge in [-0.3, -0.25) is 9.59 Å². The van der Waals surface area contributed by atoms with Gasteiger partial charge < -0.3 is 10.2 Å². The molecule has 3 rings (SSSR count). The van der Waals surface area contributed by atoms with Crippen molar-refractivity contribution in [2.24, 2.45) is 5.92 Å². The third kappa shape index (κ3) is 4.02. The Hall–Kier alpha value is -2.76. The third-order valence-electron chi connectivity index (χ3n) is 4.56. The van der Waals surface area contributed by atoms with E-state index in [1.54, 1.807) is 17.2 Å². The van der Waals surface area contributed by atoms with Crippen molar-refractivity contribution < 1.29 is 9.59 Å². The van der Waals surface area contributed by atoms with Gasteiger partial charge in [0.2, 0.25) is 11.8 Å². The monoisotopic (exact) mass is 338 g/mol. The van der Waals surface area contributed by atoms with Gasteiger partial charge in [-0.05, 0) is 25.5 Å². The highest BCUT2D eigenvalue weighted by atomic mass is 16.2. The molecule has 1 aliphatic rings. The number of nitrogens with one attached hydrogen (secondary N) is 1. The highest BCUT2D eigenvalue weighted by molar-refractivity contribution is 5.89. The fraction of sp³-hybridized carbons (Fsp3) is 0.368. The van der Waals surface area contributed by atoms with Crippen LogP contribution in [0.1, 0.15) is 36.5 Å². The van der Waals surface area contributed by atoms with Crippen LogP contribution in [0.3, 0.4) is 0 Å². The third-order valence-corrected chi connectivity index (χ3v) is 4.56. The topological polar surface area (TPSA) is 75.2 Å². The Morgan fingerprint density at radius 1 is 1.32 bits per heavy atom. The summed E-state index contributed by atoms with van der Waals surface area (Å²) in [6.07, 6.45) is 1.93. The molecule has 1 saturated heterocycles. The smallest absolute Gasteiger partial charge is 0.225 e. The van der Waals surface area contributed by atoms with Crippen LogP contribution in [0, 0.1) is 12.8 Å². The summed E-state index contributed by atoms with van der Waals surface area (Å²) in [4.78, 5) is 34.9. The van der Waals surface area contributed by atoms with Crippen molar-refractivity contribution in [3.8, 4) is 0 Å². The van der Waals surface area contributed by atoms with Gasteiger partial charge in [0, 0.05) is 19.2 Å². The van der Waals surface area contributed by atoms with Crippen LogP contribution >= 0.6 is 0 Å². The largest absolute Gasteiger partial charge is 0.350 e. The number of carbonyl (C=O) groups is 2. The van der Waals surface area contributed by atoms with Crippen LogP contribution in [0.25, 0.3) is 0 Å². The van der Waals surface area contributed by atoms with E-state index in [0.29, 0.717) is 18.9 Å². The summed E-state index contributed by atoms with van der Waals surface area (Å²) in [5, 5.41) is 2.88. The number of likely N-dealkylation sites (tertiary alicyclic amines) is 1. The molecule has 6 nitrogen and oxygen atoms in total. The van der Waals surface area contributed by atoms with Crippen LogP contribution in [-0.4, -0.2) is 33.2 Å². The van der Waals surface area contributed by atoms with E-state index in [-0.39, 0.29) is 30.2 Å². The fourth-order valence-corrected chi connectivity index (χ4v) is 3.12. The van der Waals surface area contributed by atoms with E-state index in [2.05, 4.69) is 15.3 Å². The second-order valence-electron chi connectivity index (χ2n) is 6.35. The predicted octanol–water partition coefficient (Wildman–Crippen LogP) is 2.01.